The summed E-state index contributed by atoms with van der Waals surface area (Å²) in [6.07, 6.45) is 2.27. The Labute approximate surface area is 68.8 Å². The average molecular weight is 157 g/mol. The maximum absolute atomic E-state index is 9.68. The van der Waals surface area contributed by atoms with Crippen LogP contribution in [-0.2, 0) is 0 Å². The van der Waals surface area contributed by atoms with Gasteiger partial charge in [0.25, 0.3) is 0 Å². The Morgan fingerprint density at radius 2 is 2.27 bits per heavy atom. The third-order valence-corrected chi connectivity index (χ3v) is 2.90. The topological polar surface area (TPSA) is 46.2 Å². The van der Waals surface area contributed by atoms with E-state index in [0.717, 1.165) is 5.92 Å². The lowest BCUT2D eigenvalue weighted by Gasteiger charge is -2.16. The normalized spacial score (nSPS) is 34.9. The second-order valence-electron chi connectivity index (χ2n) is 3.77. The van der Waals surface area contributed by atoms with Gasteiger partial charge in [-0.1, -0.05) is 20.3 Å². The van der Waals surface area contributed by atoms with Crippen LogP contribution in [0, 0.1) is 17.8 Å². The molecule has 66 valence electrons. The van der Waals surface area contributed by atoms with Crippen LogP contribution in [0.25, 0.3) is 0 Å². The summed E-state index contributed by atoms with van der Waals surface area (Å²) >= 11 is 0. The summed E-state index contributed by atoms with van der Waals surface area (Å²) in [5.74, 6) is 1.61. The summed E-state index contributed by atoms with van der Waals surface area (Å²) < 4.78 is 0. The van der Waals surface area contributed by atoms with Crippen LogP contribution in [0.1, 0.15) is 26.7 Å². The summed E-state index contributed by atoms with van der Waals surface area (Å²) in [7, 11) is 0. The van der Waals surface area contributed by atoms with Gasteiger partial charge in [-0.15, -0.1) is 0 Å². The van der Waals surface area contributed by atoms with Gasteiger partial charge >= 0.3 is 0 Å². The fraction of sp³-hybridized carbons (Fsp3) is 1.00. The highest BCUT2D eigenvalue weighted by Crippen LogP contribution is 2.45. The molecule has 0 bridgehead atoms. The van der Waals surface area contributed by atoms with E-state index in [1.54, 1.807) is 0 Å². The van der Waals surface area contributed by atoms with E-state index in [1.807, 2.05) is 6.92 Å². The highest BCUT2D eigenvalue weighted by atomic mass is 16.3. The van der Waals surface area contributed by atoms with E-state index in [2.05, 4.69) is 6.92 Å². The second kappa shape index (κ2) is 3.55. The summed E-state index contributed by atoms with van der Waals surface area (Å²) in [6.45, 7) is 4.81. The minimum absolute atomic E-state index is 0.148. The quantitative estimate of drug-likeness (QED) is 0.639. The van der Waals surface area contributed by atoms with E-state index in [1.165, 1.54) is 12.8 Å². The van der Waals surface area contributed by atoms with Gasteiger partial charge in [-0.3, -0.25) is 0 Å². The standard InChI is InChI=1S/C9H19NO/c1-3-7-4-8(7)9(11)6(2)5-10/h6-9,11H,3-5,10H2,1-2H3/t6?,7-,8-,9?/m1/s1. The molecular formula is C9H19NO. The minimum Gasteiger partial charge on any atom is -0.393 e. The Hall–Kier alpha value is -0.0800. The SMILES string of the molecule is CC[C@@H]1C[C@H]1C(O)C(C)CN. The molecule has 11 heavy (non-hydrogen) atoms. The summed E-state index contributed by atoms with van der Waals surface area (Å²) in [6, 6.07) is 0. The summed E-state index contributed by atoms with van der Waals surface area (Å²) in [5, 5.41) is 9.68. The van der Waals surface area contributed by atoms with Crippen molar-refractivity contribution in [2.24, 2.45) is 23.5 Å². The molecule has 1 aliphatic carbocycles. The average Bonchev–Trinajstić information content (AvgIpc) is 2.80. The van der Waals surface area contributed by atoms with Gasteiger partial charge in [0, 0.05) is 0 Å². The lowest BCUT2D eigenvalue weighted by molar-refractivity contribution is 0.0928. The molecule has 0 radical (unpaired) electrons. The molecule has 2 nitrogen and oxygen atoms in total. The first-order chi connectivity index (χ1) is 5.20. The molecule has 3 N–H and O–H groups in total. The predicted molar refractivity (Wildman–Crippen MR) is 46.1 cm³/mol. The molecule has 2 heteroatoms. The van der Waals surface area contributed by atoms with Gasteiger partial charge in [-0.05, 0) is 30.7 Å². The largest absolute Gasteiger partial charge is 0.393 e. The van der Waals surface area contributed by atoms with Gasteiger partial charge in [0.2, 0.25) is 0 Å². The van der Waals surface area contributed by atoms with Crippen molar-refractivity contribution in [3.05, 3.63) is 0 Å². The molecule has 0 aliphatic heterocycles. The molecule has 0 spiro atoms. The molecule has 1 fully saturated rings. The molecule has 0 aromatic heterocycles. The van der Waals surface area contributed by atoms with Crippen LogP contribution in [-0.4, -0.2) is 17.8 Å². The van der Waals surface area contributed by atoms with Crippen LogP contribution in [0.15, 0.2) is 0 Å². The Balaban J connectivity index is 2.26. The number of aliphatic hydroxyl groups is 1. The van der Waals surface area contributed by atoms with Crippen molar-refractivity contribution in [2.75, 3.05) is 6.54 Å². The van der Waals surface area contributed by atoms with Crippen molar-refractivity contribution >= 4 is 0 Å². The molecule has 0 aromatic carbocycles. The third kappa shape index (κ3) is 1.94. The number of rotatable bonds is 4. The van der Waals surface area contributed by atoms with Gasteiger partial charge in [0.1, 0.15) is 0 Å². The first-order valence-electron chi connectivity index (χ1n) is 4.58. The monoisotopic (exact) mass is 157 g/mol. The zero-order chi connectivity index (χ0) is 8.43. The maximum Gasteiger partial charge on any atom is 0.0608 e. The number of aliphatic hydroxyl groups excluding tert-OH is 1. The lowest BCUT2D eigenvalue weighted by Crippen LogP contribution is -2.27. The van der Waals surface area contributed by atoms with E-state index >= 15 is 0 Å². The lowest BCUT2D eigenvalue weighted by atomic mass is 9.99. The second-order valence-corrected chi connectivity index (χ2v) is 3.77. The smallest absolute Gasteiger partial charge is 0.0608 e. The van der Waals surface area contributed by atoms with Crippen molar-refractivity contribution in [2.45, 2.75) is 32.8 Å². The Morgan fingerprint density at radius 3 is 2.64 bits per heavy atom. The molecule has 1 aliphatic rings. The van der Waals surface area contributed by atoms with Crippen LogP contribution >= 0.6 is 0 Å². The van der Waals surface area contributed by atoms with Crippen molar-refractivity contribution in [1.82, 2.24) is 0 Å². The van der Waals surface area contributed by atoms with Gasteiger partial charge in [-0.25, -0.2) is 0 Å². The van der Waals surface area contributed by atoms with Gasteiger partial charge < -0.3 is 10.8 Å². The van der Waals surface area contributed by atoms with Gasteiger partial charge in [0.05, 0.1) is 6.10 Å². The highest BCUT2D eigenvalue weighted by Gasteiger charge is 2.42. The molecule has 0 saturated heterocycles. The van der Waals surface area contributed by atoms with Crippen LogP contribution in [0.3, 0.4) is 0 Å². The van der Waals surface area contributed by atoms with Crippen LogP contribution in [0.2, 0.25) is 0 Å². The molecule has 0 heterocycles. The highest BCUT2D eigenvalue weighted by molar-refractivity contribution is 4.92. The first kappa shape index (κ1) is 9.01. The van der Waals surface area contributed by atoms with E-state index in [-0.39, 0.29) is 12.0 Å². The molecular weight excluding hydrogens is 138 g/mol. The van der Waals surface area contributed by atoms with Crippen LogP contribution in [0.5, 0.6) is 0 Å². The number of hydrogen-bond acceptors (Lipinski definition) is 2. The number of hydrogen-bond donors (Lipinski definition) is 2. The van der Waals surface area contributed by atoms with Crippen LogP contribution in [0.4, 0.5) is 0 Å². The first-order valence-corrected chi connectivity index (χ1v) is 4.58. The zero-order valence-corrected chi connectivity index (χ0v) is 7.46. The van der Waals surface area contributed by atoms with Crippen LogP contribution < -0.4 is 5.73 Å². The Kier molecular flexibility index (Phi) is 2.90. The molecule has 0 aromatic rings. The van der Waals surface area contributed by atoms with Crippen molar-refractivity contribution in [3.63, 3.8) is 0 Å². The Bertz CT molecular complexity index is 127. The van der Waals surface area contributed by atoms with Gasteiger partial charge in [-0.2, -0.15) is 0 Å². The van der Waals surface area contributed by atoms with E-state index < -0.39 is 0 Å². The minimum atomic E-state index is -0.148. The molecule has 1 saturated carbocycles. The van der Waals surface area contributed by atoms with E-state index in [0.29, 0.717) is 12.5 Å². The van der Waals surface area contributed by atoms with E-state index in [4.69, 9.17) is 5.73 Å². The fourth-order valence-electron chi connectivity index (χ4n) is 1.72. The molecule has 1 rings (SSSR count). The molecule has 4 atom stereocenters. The molecule has 2 unspecified atom stereocenters. The zero-order valence-electron chi connectivity index (χ0n) is 7.46. The summed E-state index contributed by atoms with van der Waals surface area (Å²) in [5.41, 5.74) is 5.47. The van der Waals surface area contributed by atoms with E-state index in [9.17, 15) is 5.11 Å². The predicted octanol–water partition coefficient (Wildman–Crippen LogP) is 0.988. The fourth-order valence-corrected chi connectivity index (χ4v) is 1.72. The maximum atomic E-state index is 9.68. The van der Waals surface area contributed by atoms with Crippen molar-refractivity contribution < 1.29 is 5.11 Å². The molecule has 0 amide bonds. The van der Waals surface area contributed by atoms with Crippen molar-refractivity contribution in [3.8, 4) is 0 Å². The van der Waals surface area contributed by atoms with Crippen molar-refractivity contribution in [1.29, 1.82) is 0 Å². The number of nitrogens with two attached hydrogens (primary N) is 1. The van der Waals surface area contributed by atoms with Gasteiger partial charge in [0.15, 0.2) is 0 Å². The third-order valence-electron chi connectivity index (χ3n) is 2.90. The summed E-state index contributed by atoms with van der Waals surface area (Å²) in [4.78, 5) is 0. The Morgan fingerprint density at radius 1 is 1.64 bits per heavy atom.